The summed E-state index contributed by atoms with van der Waals surface area (Å²) in [7, 11) is 3.98. The van der Waals surface area contributed by atoms with Crippen molar-refractivity contribution in [1.82, 2.24) is 9.80 Å². The molecule has 0 atom stereocenters. The zero-order valence-electron chi connectivity index (χ0n) is 27.2. The number of benzene rings is 2. The van der Waals surface area contributed by atoms with Gasteiger partial charge in [-0.25, -0.2) is 0 Å². The molecule has 0 spiro atoms. The first kappa shape index (κ1) is 36.8. The molecule has 0 amide bonds. The Bertz CT molecular complexity index is 1060. The van der Waals surface area contributed by atoms with Gasteiger partial charge in [0.2, 0.25) is 0 Å². The van der Waals surface area contributed by atoms with Crippen LogP contribution in [0.1, 0.15) is 60.8 Å². The van der Waals surface area contributed by atoms with Crippen molar-refractivity contribution in [3.63, 3.8) is 0 Å². The van der Waals surface area contributed by atoms with Crippen LogP contribution in [0.5, 0.6) is 0 Å². The van der Waals surface area contributed by atoms with E-state index in [4.69, 9.17) is 19.7 Å². The van der Waals surface area contributed by atoms with Crippen molar-refractivity contribution >= 4 is 33.5 Å². The van der Waals surface area contributed by atoms with Gasteiger partial charge in [-0.2, -0.15) is 0 Å². The maximum Gasteiger partial charge on any atom is 0.310 e. The summed E-state index contributed by atoms with van der Waals surface area (Å²) in [5.74, 6) is 3.22. The van der Waals surface area contributed by atoms with Crippen LogP contribution in [-0.2, 0) is 45.1 Å². The Morgan fingerprint density at radius 1 is 0.609 bits per heavy atom. The van der Waals surface area contributed by atoms with Crippen LogP contribution in [0.25, 0.3) is 0 Å². The van der Waals surface area contributed by atoms with E-state index in [1.165, 1.54) is 25.7 Å². The molecule has 0 aromatic heterocycles. The van der Waals surface area contributed by atoms with Crippen LogP contribution in [0.2, 0.25) is 0 Å². The van der Waals surface area contributed by atoms with Crippen LogP contribution < -0.4 is 0 Å². The lowest BCUT2D eigenvalue weighted by atomic mass is 9.94. The summed E-state index contributed by atoms with van der Waals surface area (Å²) in [5, 5.41) is 18.3. The van der Waals surface area contributed by atoms with Gasteiger partial charge in [-0.05, 0) is 98.8 Å². The lowest BCUT2D eigenvalue weighted by Crippen LogP contribution is -2.36. The first-order valence-corrected chi connectivity index (χ1v) is 19.4. The molecule has 46 heavy (non-hydrogen) atoms. The number of carbonyl (C=O) groups is 2. The van der Waals surface area contributed by atoms with Gasteiger partial charge >= 0.3 is 11.9 Å². The molecule has 0 bridgehead atoms. The summed E-state index contributed by atoms with van der Waals surface area (Å²) < 4.78 is 11.0. The highest BCUT2D eigenvalue weighted by Crippen LogP contribution is 2.26. The van der Waals surface area contributed by atoms with Crippen LogP contribution in [0.15, 0.2) is 48.5 Å². The Hall–Kier alpha value is -2.08. The molecule has 8 nitrogen and oxygen atoms in total. The number of nitrogens with zero attached hydrogens (tertiary/aromatic N) is 2. The highest BCUT2D eigenvalue weighted by atomic mass is 33.1. The van der Waals surface area contributed by atoms with Gasteiger partial charge in [0.25, 0.3) is 0 Å². The summed E-state index contributed by atoms with van der Waals surface area (Å²) in [6, 6.07) is 14.9. The van der Waals surface area contributed by atoms with Gasteiger partial charge in [-0.15, -0.1) is 0 Å². The molecule has 0 saturated carbocycles. The highest BCUT2D eigenvalue weighted by Gasteiger charge is 2.21. The number of hydrogen-bond acceptors (Lipinski definition) is 10. The van der Waals surface area contributed by atoms with Crippen molar-refractivity contribution in [3.05, 3.63) is 70.8 Å². The SMILES string of the molecule is O=C(Cc1ccc(CO)cc1)OCCC1CCN(CCSSCCN2CCC(CCOC(=O)Cc3ccc(CO)cc3)CC2)CC1. The molecule has 2 aromatic carbocycles. The molecular weight excluding hydrogens is 621 g/mol. The predicted octanol–water partition coefficient (Wildman–Crippen LogP) is 5.13. The van der Waals surface area contributed by atoms with E-state index in [1.54, 1.807) is 0 Å². The van der Waals surface area contributed by atoms with Gasteiger partial charge in [-0.3, -0.25) is 9.59 Å². The number of aliphatic hydroxyl groups is 2. The van der Waals surface area contributed by atoms with E-state index >= 15 is 0 Å². The number of hydrogen-bond donors (Lipinski definition) is 2. The maximum atomic E-state index is 12.2. The minimum absolute atomic E-state index is 0.0127. The zero-order chi connectivity index (χ0) is 32.4. The van der Waals surface area contributed by atoms with E-state index in [2.05, 4.69) is 9.80 Å². The molecule has 2 saturated heterocycles. The van der Waals surface area contributed by atoms with Gasteiger partial charge in [0, 0.05) is 24.6 Å². The molecule has 2 N–H and O–H groups in total. The fourth-order valence-corrected chi connectivity index (χ4v) is 8.14. The highest BCUT2D eigenvalue weighted by molar-refractivity contribution is 8.76. The lowest BCUT2D eigenvalue weighted by Gasteiger charge is -2.32. The fraction of sp³-hybridized carbons (Fsp3) is 0.611. The Kier molecular flexibility index (Phi) is 16.8. The number of ether oxygens (including phenoxy) is 2. The Balaban J connectivity index is 0.932. The van der Waals surface area contributed by atoms with Crippen molar-refractivity contribution in [1.29, 1.82) is 0 Å². The molecule has 0 radical (unpaired) electrons. The predicted molar refractivity (Wildman–Crippen MR) is 187 cm³/mol. The van der Waals surface area contributed by atoms with Gasteiger partial charge in [-0.1, -0.05) is 70.1 Å². The van der Waals surface area contributed by atoms with Gasteiger partial charge in [0.1, 0.15) is 0 Å². The molecule has 0 aliphatic carbocycles. The van der Waals surface area contributed by atoms with E-state index in [9.17, 15) is 9.59 Å². The van der Waals surface area contributed by atoms with E-state index in [1.807, 2.05) is 70.1 Å². The number of rotatable bonds is 19. The first-order valence-electron chi connectivity index (χ1n) is 16.9. The van der Waals surface area contributed by atoms with Crippen LogP contribution in [0, 0.1) is 11.8 Å². The van der Waals surface area contributed by atoms with E-state index < -0.39 is 0 Å². The normalized spacial score (nSPS) is 16.8. The smallest absolute Gasteiger partial charge is 0.310 e. The molecule has 10 heteroatoms. The minimum Gasteiger partial charge on any atom is -0.465 e. The second kappa shape index (κ2) is 21.0. The molecule has 2 aliphatic rings. The topological polar surface area (TPSA) is 99.5 Å². The van der Waals surface area contributed by atoms with Crippen molar-refractivity contribution in [2.45, 2.75) is 64.6 Å². The molecular formula is C36H52N2O6S2. The monoisotopic (exact) mass is 672 g/mol. The zero-order valence-corrected chi connectivity index (χ0v) is 28.8. The fourth-order valence-electron chi connectivity index (χ4n) is 6.09. The van der Waals surface area contributed by atoms with Gasteiger partial charge < -0.3 is 29.5 Å². The Morgan fingerprint density at radius 3 is 1.30 bits per heavy atom. The first-order chi connectivity index (χ1) is 22.5. The molecule has 2 heterocycles. The van der Waals surface area contributed by atoms with Crippen molar-refractivity contribution < 1.29 is 29.3 Å². The number of esters is 2. The summed E-state index contributed by atoms with van der Waals surface area (Å²) in [5.41, 5.74) is 3.53. The molecule has 0 unspecified atom stereocenters. The van der Waals surface area contributed by atoms with Crippen molar-refractivity contribution in [2.24, 2.45) is 11.8 Å². The largest absolute Gasteiger partial charge is 0.465 e. The number of aliphatic hydroxyl groups excluding tert-OH is 2. The molecule has 2 aliphatic heterocycles. The van der Waals surface area contributed by atoms with Crippen molar-refractivity contribution in [2.75, 3.05) is 64.0 Å². The minimum atomic E-state index is -0.178. The van der Waals surface area contributed by atoms with Crippen LogP contribution in [0.3, 0.4) is 0 Å². The summed E-state index contributed by atoms with van der Waals surface area (Å²) in [4.78, 5) is 29.5. The Morgan fingerprint density at radius 2 is 0.957 bits per heavy atom. The van der Waals surface area contributed by atoms with E-state index in [-0.39, 0.29) is 38.0 Å². The maximum absolute atomic E-state index is 12.2. The average Bonchev–Trinajstić information content (AvgIpc) is 3.08. The summed E-state index contributed by atoms with van der Waals surface area (Å²) in [6.07, 6.45) is 7.16. The molecule has 4 rings (SSSR count). The third kappa shape index (κ3) is 14.0. The van der Waals surface area contributed by atoms with Crippen LogP contribution >= 0.6 is 21.6 Å². The quantitative estimate of drug-likeness (QED) is 0.119. The average molecular weight is 673 g/mol. The standard InChI is InChI=1S/C36H52N2O6S2/c39-27-33-5-1-31(2-6-33)25-35(41)43-21-13-29-9-15-37(16-10-29)19-23-45-46-24-20-38-17-11-30(12-18-38)14-22-44-36(42)26-32-3-7-34(28-40)8-4-32/h1-8,29-30,39-40H,9-28H2. The third-order valence-corrected chi connectivity index (χ3v) is 11.5. The van der Waals surface area contributed by atoms with E-state index in [0.717, 1.165) is 85.9 Å². The third-order valence-electron chi connectivity index (χ3n) is 9.17. The van der Waals surface area contributed by atoms with E-state index in [0.29, 0.717) is 25.0 Å². The van der Waals surface area contributed by atoms with Gasteiger partial charge in [0.05, 0.1) is 39.3 Å². The second-order valence-corrected chi connectivity index (χ2v) is 15.2. The number of piperidine rings is 2. The molecule has 254 valence electrons. The van der Waals surface area contributed by atoms with Gasteiger partial charge in [0.15, 0.2) is 0 Å². The summed E-state index contributed by atoms with van der Waals surface area (Å²) in [6.45, 7) is 7.84. The second-order valence-electron chi connectivity index (χ2n) is 12.5. The number of likely N-dealkylation sites (tertiary alicyclic amines) is 2. The number of carbonyl (C=O) groups excluding carboxylic acids is 2. The Labute approximate surface area is 283 Å². The molecule has 2 aromatic rings. The molecule has 2 fully saturated rings. The van der Waals surface area contributed by atoms with Crippen LogP contribution in [-0.4, -0.2) is 95.9 Å². The lowest BCUT2D eigenvalue weighted by molar-refractivity contribution is -0.144. The van der Waals surface area contributed by atoms with Crippen molar-refractivity contribution in [3.8, 4) is 0 Å². The summed E-state index contributed by atoms with van der Waals surface area (Å²) >= 11 is 0. The van der Waals surface area contributed by atoms with Crippen LogP contribution in [0.4, 0.5) is 0 Å².